The molecule has 2 amide bonds. The van der Waals surface area contributed by atoms with Gasteiger partial charge in [0.15, 0.2) is 5.71 Å². The van der Waals surface area contributed by atoms with Crippen LogP contribution in [-0.2, 0) is 5.41 Å². The first kappa shape index (κ1) is 21.6. The summed E-state index contributed by atoms with van der Waals surface area (Å²) in [5.41, 5.74) is 5.26. The first-order valence-electron chi connectivity index (χ1n) is 12.0. The van der Waals surface area contributed by atoms with Crippen LogP contribution in [0.4, 0.5) is 5.69 Å². The van der Waals surface area contributed by atoms with Crippen molar-refractivity contribution < 1.29 is 14.2 Å². The molecule has 0 N–H and O–H groups in total. The number of carbonyl (C=O) groups excluding carboxylic acids is 2. The lowest BCUT2D eigenvalue weighted by atomic mass is 9.80. The summed E-state index contributed by atoms with van der Waals surface area (Å²) in [5.74, 6) is -0.298. The minimum Gasteiger partial charge on any atom is -0.274 e. The smallest absolute Gasteiger partial charge is 0.261 e. The molecule has 0 saturated heterocycles. The summed E-state index contributed by atoms with van der Waals surface area (Å²) in [6, 6.07) is 20.3. The Morgan fingerprint density at radius 3 is 2.15 bits per heavy atom. The molecule has 4 nitrogen and oxygen atoms in total. The SMILES string of the molecule is CC1=[N+](CCCCCCN2C(=O)c3ccccc3C2=O)c2ccc3ccccc3c2C1(C)C. The maximum atomic E-state index is 12.5. The van der Waals surface area contributed by atoms with Crippen molar-refractivity contribution in [2.24, 2.45) is 0 Å². The van der Waals surface area contributed by atoms with E-state index in [4.69, 9.17) is 0 Å². The highest BCUT2D eigenvalue weighted by Crippen LogP contribution is 2.43. The average molecular weight is 440 g/mol. The topological polar surface area (TPSA) is 40.4 Å². The van der Waals surface area contributed by atoms with Crippen LogP contribution >= 0.6 is 0 Å². The lowest BCUT2D eigenvalue weighted by Crippen LogP contribution is -2.30. The Morgan fingerprint density at radius 1 is 0.788 bits per heavy atom. The predicted molar refractivity (Wildman–Crippen MR) is 133 cm³/mol. The number of hydrogen-bond donors (Lipinski definition) is 0. The maximum Gasteiger partial charge on any atom is 0.261 e. The van der Waals surface area contributed by atoms with Crippen LogP contribution in [-0.4, -0.2) is 40.1 Å². The molecule has 168 valence electrons. The molecule has 33 heavy (non-hydrogen) atoms. The van der Waals surface area contributed by atoms with Crippen LogP contribution in [0.1, 0.15) is 72.7 Å². The third-order valence-corrected chi connectivity index (χ3v) is 7.52. The Hall–Kier alpha value is -3.27. The number of benzene rings is 3. The predicted octanol–water partition coefficient (Wildman–Crippen LogP) is 6.09. The quantitative estimate of drug-likeness (QED) is 0.254. The molecule has 0 fully saturated rings. The summed E-state index contributed by atoms with van der Waals surface area (Å²) >= 11 is 0. The van der Waals surface area contributed by atoms with Crippen molar-refractivity contribution in [3.8, 4) is 0 Å². The van der Waals surface area contributed by atoms with Crippen LogP contribution in [0, 0.1) is 0 Å². The highest BCUT2D eigenvalue weighted by Gasteiger charge is 2.43. The number of rotatable bonds is 7. The van der Waals surface area contributed by atoms with E-state index >= 15 is 0 Å². The number of carbonyl (C=O) groups is 2. The normalized spacial score (nSPS) is 16.6. The molecule has 5 rings (SSSR count). The summed E-state index contributed by atoms with van der Waals surface area (Å²) in [7, 11) is 0. The van der Waals surface area contributed by atoms with Crippen molar-refractivity contribution in [1.29, 1.82) is 0 Å². The Labute approximate surface area is 195 Å². The highest BCUT2D eigenvalue weighted by molar-refractivity contribution is 6.21. The number of imide groups is 1. The molecular formula is C29H31N2O2+. The van der Waals surface area contributed by atoms with Crippen LogP contribution in [0.5, 0.6) is 0 Å². The fourth-order valence-electron chi connectivity index (χ4n) is 5.46. The van der Waals surface area contributed by atoms with Gasteiger partial charge in [0.2, 0.25) is 5.69 Å². The van der Waals surface area contributed by atoms with Crippen molar-refractivity contribution >= 4 is 34.0 Å². The summed E-state index contributed by atoms with van der Waals surface area (Å²) in [6.45, 7) is 8.42. The van der Waals surface area contributed by atoms with Crippen LogP contribution in [0.2, 0.25) is 0 Å². The van der Waals surface area contributed by atoms with Crippen molar-refractivity contribution in [2.45, 2.75) is 51.9 Å². The Bertz CT molecular complexity index is 1270. The number of amides is 2. The Morgan fingerprint density at radius 2 is 1.42 bits per heavy atom. The number of unbranched alkanes of at least 4 members (excludes halogenated alkanes) is 3. The molecular weight excluding hydrogens is 408 g/mol. The highest BCUT2D eigenvalue weighted by atomic mass is 16.2. The minimum atomic E-state index is -0.149. The fourth-order valence-corrected chi connectivity index (χ4v) is 5.46. The molecule has 0 unspecified atom stereocenters. The zero-order valence-electron chi connectivity index (χ0n) is 19.7. The van der Waals surface area contributed by atoms with Crippen molar-refractivity contribution in [3.05, 3.63) is 77.4 Å². The lowest BCUT2D eigenvalue weighted by Gasteiger charge is -2.17. The number of nitrogens with zero attached hydrogens (tertiary/aromatic N) is 2. The molecule has 0 bridgehead atoms. The zero-order valence-corrected chi connectivity index (χ0v) is 19.7. The van der Waals surface area contributed by atoms with E-state index in [1.807, 2.05) is 12.1 Å². The van der Waals surface area contributed by atoms with E-state index < -0.39 is 0 Å². The number of hydrogen-bond acceptors (Lipinski definition) is 2. The van der Waals surface area contributed by atoms with Gasteiger partial charge in [-0.3, -0.25) is 14.5 Å². The van der Waals surface area contributed by atoms with Crippen LogP contribution in [0.3, 0.4) is 0 Å². The van der Waals surface area contributed by atoms with Crippen LogP contribution < -0.4 is 0 Å². The van der Waals surface area contributed by atoms with Crippen molar-refractivity contribution in [1.82, 2.24) is 4.90 Å². The van der Waals surface area contributed by atoms with Crippen LogP contribution in [0.15, 0.2) is 60.7 Å². The molecule has 2 heterocycles. The second-order valence-electron chi connectivity index (χ2n) is 9.76. The van der Waals surface area contributed by atoms with E-state index in [0.717, 1.165) is 32.2 Å². The monoisotopic (exact) mass is 439 g/mol. The molecule has 0 atom stereocenters. The zero-order chi connectivity index (χ0) is 23.2. The summed E-state index contributed by atoms with van der Waals surface area (Å²) in [4.78, 5) is 26.4. The Balaban J connectivity index is 1.19. The van der Waals surface area contributed by atoms with Gasteiger partial charge < -0.3 is 0 Å². The van der Waals surface area contributed by atoms with Crippen molar-refractivity contribution in [2.75, 3.05) is 13.1 Å². The maximum absolute atomic E-state index is 12.5. The van der Waals surface area contributed by atoms with E-state index in [9.17, 15) is 9.59 Å². The fraction of sp³-hybridized carbons (Fsp3) is 0.345. The van der Waals surface area contributed by atoms with E-state index in [1.54, 1.807) is 12.1 Å². The second-order valence-corrected chi connectivity index (χ2v) is 9.76. The van der Waals surface area contributed by atoms with Gasteiger partial charge in [0, 0.05) is 31.5 Å². The van der Waals surface area contributed by atoms with Gasteiger partial charge in [-0.1, -0.05) is 42.8 Å². The molecule has 0 radical (unpaired) electrons. The third kappa shape index (κ3) is 3.49. The summed E-state index contributed by atoms with van der Waals surface area (Å²) in [5, 5.41) is 2.65. The number of fused-ring (bicyclic) bond motifs is 4. The standard InChI is InChI=1S/C29H31N2O2/c1-20-29(2,3)26-22-13-7-6-12-21(22)16-17-25(26)30(20)18-10-4-5-11-19-31-27(32)23-14-8-9-15-24(23)28(31)33/h6-9,12-17H,4-5,10-11,18-19H2,1-3H3/q+1. The first-order valence-corrected chi connectivity index (χ1v) is 12.0. The van der Waals surface area contributed by atoms with Gasteiger partial charge >= 0.3 is 0 Å². The molecule has 2 aliphatic rings. The second kappa shape index (κ2) is 8.26. The third-order valence-electron chi connectivity index (χ3n) is 7.52. The largest absolute Gasteiger partial charge is 0.274 e. The van der Waals surface area contributed by atoms with Crippen LogP contribution in [0.25, 0.3) is 10.8 Å². The molecule has 2 aliphatic heterocycles. The first-order chi connectivity index (χ1) is 15.9. The Kier molecular flexibility index (Phi) is 5.40. The molecule has 0 saturated carbocycles. The van der Waals surface area contributed by atoms with E-state index in [2.05, 4.69) is 61.7 Å². The van der Waals surface area contributed by atoms with Gasteiger partial charge in [0.25, 0.3) is 11.8 Å². The molecule has 3 aromatic carbocycles. The lowest BCUT2D eigenvalue weighted by molar-refractivity contribution is -0.439. The van der Waals surface area contributed by atoms with Gasteiger partial charge in [0.1, 0.15) is 6.54 Å². The van der Waals surface area contributed by atoms with Gasteiger partial charge in [-0.2, -0.15) is 4.58 Å². The van der Waals surface area contributed by atoms with Gasteiger partial charge in [0.05, 0.1) is 16.5 Å². The molecule has 4 heteroatoms. The molecule has 0 spiro atoms. The van der Waals surface area contributed by atoms with Gasteiger partial charge in [-0.05, 0) is 55.7 Å². The molecule has 3 aromatic rings. The van der Waals surface area contributed by atoms with Crippen molar-refractivity contribution in [3.63, 3.8) is 0 Å². The van der Waals surface area contributed by atoms with Gasteiger partial charge in [-0.15, -0.1) is 0 Å². The van der Waals surface area contributed by atoms with E-state index in [-0.39, 0.29) is 17.2 Å². The summed E-state index contributed by atoms with van der Waals surface area (Å²) in [6.07, 6.45) is 4.02. The molecule has 0 aromatic heterocycles. The average Bonchev–Trinajstić information content (AvgIpc) is 3.18. The van der Waals surface area contributed by atoms with Gasteiger partial charge in [-0.25, -0.2) is 0 Å². The summed E-state index contributed by atoms with van der Waals surface area (Å²) < 4.78 is 2.49. The minimum absolute atomic E-state index is 0.0156. The van der Waals surface area contributed by atoms with E-state index in [0.29, 0.717) is 17.7 Å². The molecule has 0 aliphatic carbocycles. The van der Waals surface area contributed by atoms with E-state index in [1.165, 1.54) is 32.6 Å².